The van der Waals surface area contributed by atoms with Gasteiger partial charge in [0.05, 0.1) is 13.2 Å². The smallest absolute Gasteiger partial charge is 0.184 e. The van der Waals surface area contributed by atoms with E-state index in [1.165, 1.54) is 0 Å². The van der Waals surface area contributed by atoms with E-state index in [1.54, 1.807) is 0 Å². The second-order valence-corrected chi connectivity index (χ2v) is 6.52. The molecule has 0 aliphatic rings. The second-order valence-electron chi connectivity index (χ2n) is 6.52. The van der Waals surface area contributed by atoms with E-state index in [2.05, 4.69) is 30.8 Å². The molecule has 3 rings (SSSR count). The predicted molar refractivity (Wildman–Crippen MR) is 122 cm³/mol. The average Bonchev–Trinajstić information content (AvgIpc) is 2.79. The molecule has 0 saturated carbocycles. The molecule has 0 atom stereocenters. The molecule has 0 amide bonds. The van der Waals surface area contributed by atoms with Crippen molar-refractivity contribution < 1.29 is 9.47 Å². The number of hydrogen-bond donors (Lipinski definition) is 0. The van der Waals surface area contributed by atoms with Crippen LogP contribution >= 0.6 is 0 Å². The molecule has 3 aromatic rings. The van der Waals surface area contributed by atoms with Crippen LogP contribution in [0.4, 0.5) is 0 Å². The number of benzene rings is 3. The van der Waals surface area contributed by atoms with Gasteiger partial charge in [-0.3, -0.25) is 0 Å². The predicted octanol–water partition coefficient (Wildman–Crippen LogP) is 6.49. The Balaban J connectivity index is 1.59. The summed E-state index contributed by atoms with van der Waals surface area (Å²) >= 11 is 0. The molecule has 0 spiro atoms. The van der Waals surface area contributed by atoms with Gasteiger partial charge >= 0.3 is 0 Å². The summed E-state index contributed by atoms with van der Waals surface area (Å²) in [6, 6.07) is 30.3. The van der Waals surface area contributed by atoms with Gasteiger partial charge in [-0.15, -0.1) is 0 Å². The van der Waals surface area contributed by atoms with Gasteiger partial charge < -0.3 is 9.47 Å². The lowest BCUT2D eigenvalue weighted by Gasteiger charge is -2.20. The van der Waals surface area contributed by atoms with Crippen molar-refractivity contribution in [2.45, 2.75) is 6.29 Å². The van der Waals surface area contributed by atoms with Gasteiger partial charge in [-0.25, -0.2) is 0 Å². The fourth-order valence-electron chi connectivity index (χ4n) is 2.82. The molecular formula is C27H26O2. The minimum atomic E-state index is -0.516. The van der Waals surface area contributed by atoms with Crippen molar-refractivity contribution >= 4 is 17.7 Å². The van der Waals surface area contributed by atoms with Crippen molar-refractivity contribution in [2.24, 2.45) is 0 Å². The van der Waals surface area contributed by atoms with Crippen LogP contribution in [0.2, 0.25) is 0 Å². The average molecular weight is 383 g/mol. The standard InChI is InChI=1S/C27H26O2/c1-23(26-19-9-4-10-20-26)27(28-21-11-17-24-13-5-2-6-14-24)29-22-12-18-25-15-7-3-8-16-25/h2-20,27H,1,21-22H2/b17-11+,18-12+. The van der Waals surface area contributed by atoms with Gasteiger partial charge in [0.25, 0.3) is 0 Å². The maximum atomic E-state index is 5.99. The Labute approximate surface area is 173 Å². The van der Waals surface area contributed by atoms with Crippen molar-refractivity contribution in [3.8, 4) is 0 Å². The summed E-state index contributed by atoms with van der Waals surface area (Å²) in [7, 11) is 0. The number of hydrogen-bond acceptors (Lipinski definition) is 2. The van der Waals surface area contributed by atoms with Crippen LogP contribution in [0.5, 0.6) is 0 Å². The Bertz CT molecular complexity index is 859. The van der Waals surface area contributed by atoms with Gasteiger partial charge in [0.1, 0.15) is 0 Å². The highest BCUT2D eigenvalue weighted by Crippen LogP contribution is 2.20. The lowest BCUT2D eigenvalue weighted by molar-refractivity contribution is -0.0859. The maximum absolute atomic E-state index is 5.99. The number of rotatable bonds is 10. The fourth-order valence-corrected chi connectivity index (χ4v) is 2.82. The molecule has 0 heterocycles. The molecule has 0 bridgehead atoms. The first-order valence-electron chi connectivity index (χ1n) is 9.73. The molecule has 0 fully saturated rings. The van der Waals surface area contributed by atoms with E-state index >= 15 is 0 Å². The van der Waals surface area contributed by atoms with Crippen LogP contribution in [0.1, 0.15) is 16.7 Å². The van der Waals surface area contributed by atoms with Gasteiger partial charge in [-0.1, -0.05) is 122 Å². The van der Waals surface area contributed by atoms with Crippen LogP contribution in [0.3, 0.4) is 0 Å². The highest BCUT2D eigenvalue weighted by molar-refractivity contribution is 5.65. The first kappa shape index (κ1) is 20.5. The Morgan fingerprint density at radius 2 is 1.07 bits per heavy atom. The minimum absolute atomic E-state index is 0.438. The summed E-state index contributed by atoms with van der Waals surface area (Å²) in [5.74, 6) is 0. The van der Waals surface area contributed by atoms with Gasteiger partial charge in [0, 0.05) is 5.57 Å². The molecule has 29 heavy (non-hydrogen) atoms. The van der Waals surface area contributed by atoms with E-state index < -0.39 is 6.29 Å². The molecule has 0 saturated heterocycles. The van der Waals surface area contributed by atoms with Gasteiger partial charge in [-0.05, 0) is 16.7 Å². The fraction of sp³-hybridized carbons (Fsp3) is 0.111. The zero-order chi connectivity index (χ0) is 20.2. The summed E-state index contributed by atoms with van der Waals surface area (Å²) in [5.41, 5.74) is 4.10. The number of ether oxygens (including phenoxy) is 2. The highest BCUT2D eigenvalue weighted by atomic mass is 16.7. The largest absolute Gasteiger partial charge is 0.344 e. The summed E-state index contributed by atoms with van der Waals surface area (Å²) in [6.07, 6.45) is 7.54. The van der Waals surface area contributed by atoms with Crippen LogP contribution in [-0.2, 0) is 9.47 Å². The van der Waals surface area contributed by atoms with E-state index in [1.807, 2.05) is 91.0 Å². The van der Waals surface area contributed by atoms with Gasteiger partial charge in [0.15, 0.2) is 6.29 Å². The molecule has 146 valence electrons. The van der Waals surface area contributed by atoms with Crippen molar-refractivity contribution in [3.63, 3.8) is 0 Å². The molecule has 0 aromatic heterocycles. The zero-order valence-electron chi connectivity index (χ0n) is 16.5. The Kier molecular flexibility index (Phi) is 8.21. The van der Waals surface area contributed by atoms with Crippen LogP contribution in [0, 0.1) is 0 Å². The van der Waals surface area contributed by atoms with Gasteiger partial charge in [0.2, 0.25) is 0 Å². The van der Waals surface area contributed by atoms with E-state index in [0.717, 1.165) is 22.3 Å². The van der Waals surface area contributed by atoms with Gasteiger partial charge in [-0.2, -0.15) is 0 Å². The van der Waals surface area contributed by atoms with E-state index in [9.17, 15) is 0 Å². The van der Waals surface area contributed by atoms with Crippen LogP contribution in [0.15, 0.2) is 110 Å². The highest BCUT2D eigenvalue weighted by Gasteiger charge is 2.14. The lowest BCUT2D eigenvalue weighted by Crippen LogP contribution is -2.19. The second kappa shape index (κ2) is 11.6. The Morgan fingerprint density at radius 3 is 1.52 bits per heavy atom. The molecule has 0 N–H and O–H groups in total. The van der Waals surface area contributed by atoms with E-state index in [4.69, 9.17) is 9.47 Å². The third kappa shape index (κ3) is 7.04. The van der Waals surface area contributed by atoms with Crippen molar-refractivity contribution in [1.29, 1.82) is 0 Å². The van der Waals surface area contributed by atoms with Crippen LogP contribution < -0.4 is 0 Å². The topological polar surface area (TPSA) is 18.5 Å². The molecule has 0 unspecified atom stereocenters. The third-order valence-electron chi connectivity index (χ3n) is 4.34. The summed E-state index contributed by atoms with van der Waals surface area (Å²) in [6.45, 7) is 5.08. The van der Waals surface area contributed by atoms with Crippen molar-refractivity contribution in [2.75, 3.05) is 13.2 Å². The SMILES string of the molecule is C=C(c1ccccc1)C(OC/C=C/c1ccccc1)OC/C=C/c1ccccc1. The Hall–Kier alpha value is -3.20. The molecule has 3 aromatic carbocycles. The molecule has 0 aliphatic heterocycles. The molecule has 2 heteroatoms. The lowest BCUT2D eigenvalue weighted by atomic mass is 10.1. The summed E-state index contributed by atoms with van der Waals surface area (Å²) in [4.78, 5) is 0. The van der Waals surface area contributed by atoms with Crippen LogP contribution in [-0.4, -0.2) is 19.5 Å². The van der Waals surface area contributed by atoms with Crippen LogP contribution in [0.25, 0.3) is 17.7 Å². The third-order valence-corrected chi connectivity index (χ3v) is 4.34. The van der Waals surface area contributed by atoms with E-state index in [-0.39, 0.29) is 0 Å². The van der Waals surface area contributed by atoms with E-state index in [0.29, 0.717) is 13.2 Å². The molecular weight excluding hydrogens is 356 g/mol. The molecule has 2 nitrogen and oxygen atoms in total. The quantitative estimate of drug-likeness (QED) is 0.373. The summed E-state index contributed by atoms with van der Waals surface area (Å²) in [5, 5.41) is 0. The maximum Gasteiger partial charge on any atom is 0.184 e. The molecule has 0 radical (unpaired) electrons. The van der Waals surface area contributed by atoms with Crippen molar-refractivity contribution in [3.05, 3.63) is 126 Å². The zero-order valence-corrected chi connectivity index (χ0v) is 16.5. The molecule has 0 aliphatic carbocycles. The van der Waals surface area contributed by atoms with Crippen molar-refractivity contribution in [1.82, 2.24) is 0 Å². The Morgan fingerprint density at radius 1 is 0.655 bits per heavy atom. The monoisotopic (exact) mass is 382 g/mol. The normalized spacial score (nSPS) is 11.5. The summed E-state index contributed by atoms with van der Waals surface area (Å²) < 4.78 is 12.0. The minimum Gasteiger partial charge on any atom is -0.344 e. The first-order valence-corrected chi connectivity index (χ1v) is 9.73. The first-order chi connectivity index (χ1) is 14.3.